The largest absolute Gasteiger partial charge is 0.396 e. The van der Waals surface area contributed by atoms with E-state index in [1.807, 2.05) is 0 Å². The maximum absolute atomic E-state index is 10.9. The topological polar surface area (TPSA) is 48.6 Å². The van der Waals surface area contributed by atoms with Crippen LogP contribution in [0.25, 0.3) is 21.8 Å². The van der Waals surface area contributed by atoms with E-state index in [4.69, 9.17) is 0 Å². The zero-order valence-corrected chi connectivity index (χ0v) is 15.2. The van der Waals surface area contributed by atoms with Gasteiger partial charge in [-0.25, -0.2) is 0 Å². The van der Waals surface area contributed by atoms with Crippen LogP contribution in [0.2, 0.25) is 0 Å². The maximum atomic E-state index is 10.9. The van der Waals surface area contributed by atoms with Crippen molar-refractivity contribution >= 4 is 21.8 Å². The van der Waals surface area contributed by atoms with Crippen LogP contribution in [-0.4, -0.2) is 51.5 Å². The highest BCUT2D eigenvalue weighted by molar-refractivity contribution is 6.07. The first-order valence-electron chi connectivity index (χ1n) is 9.77. The molecule has 4 heteroatoms. The molecule has 2 atom stereocenters. The SMILES string of the molecule is OCCC1CCCCN1CC(O)Cn1c2ccccc2c2ccccc21. The van der Waals surface area contributed by atoms with Crippen LogP contribution >= 0.6 is 0 Å². The van der Waals surface area contributed by atoms with Gasteiger partial charge in [-0.2, -0.15) is 0 Å². The molecule has 0 saturated carbocycles. The number of benzene rings is 2. The third-order valence-electron chi connectivity index (χ3n) is 5.73. The lowest BCUT2D eigenvalue weighted by Crippen LogP contribution is -2.45. The summed E-state index contributed by atoms with van der Waals surface area (Å²) in [5, 5.41) is 22.7. The first-order chi connectivity index (χ1) is 12.8. The number of aliphatic hydroxyl groups excluding tert-OH is 2. The molecule has 4 rings (SSSR count). The number of hydrogen-bond donors (Lipinski definition) is 2. The second-order valence-corrected chi connectivity index (χ2v) is 7.46. The van der Waals surface area contributed by atoms with E-state index in [1.54, 1.807) is 0 Å². The summed E-state index contributed by atoms with van der Waals surface area (Å²) in [5.74, 6) is 0. The summed E-state index contributed by atoms with van der Waals surface area (Å²) in [7, 11) is 0. The maximum Gasteiger partial charge on any atom is 0.0846 e. The monoisotopic (exact) mass is 352 g/mol. The van der Waals surface area contributed by atoms with E-state index in [1.165, 1.54) is 34.6 Å². The number of para-hydroxylation sites is 2. The fourth-order valence-corrected chi connectivity index (χ4v) is 4.52. The lowest BCUT2D eigenvalue weighted by Gasteiger charge is -2.36. The molecule has 2 heterocycles. The number of likely N-dealkylation sites (tertiary alicyclic amines) is 1. The fourth-order valence-electron chi connectivity index (χ4n) is 4.52. The number of piperidine rings is 1. The van der Waals surface area contributed by atoms with Crippen LogP contribution in [0.15, 0.2) is 48.5 Å². The van der Waals surface area contributed by atoms with Crippen LogP contribution in [0.4, 0.5) is 0 Å². The lowest BCUT2D eigenvalue weighted by atomic mass is 9.99. The van der Waals surface area contributed by atoms with Crippen molar-refractivity contribution in [3.63, 3.8) is 0 Å². The molecule has 26 heavy (non-hydrogen) atoms. The highest BCUT2D eigenvalue weighted by Gasteiger charge is 2.24. The van der Waals surface area contributed by atoms with Gasteiger partial charge in [-0.3, -0.25) is 4.90 Å². The van der Waals surface area contributed by atoms with E-state index >= 15 is 0 Å². The predicted octanol–water partition coefficient (Wildman–Crippen LogP) is 3.39. The van der Waals surface area contributed by atoms with Crippen LogP contribution in [-0.2, 0) is 6.54 Å². The van der Waals surface area contributed by atoms with Gasteiger partial charge in [0.05, 0.1) is 12.6 Å². The third-order valence-corrected chi connectivity index (χ3v) is 5.73. The molecule has 1 aliphatic heterocycles. The van der Waals surface area contributed by atoms with E-state index in [-0.39, 0.29) is 6.61 Å². The number of nitrogens with zero attached hydrogens (tertiary/aromatic N) is 2. The minimum atomic E-state index is -0.423. The Morgan fingerprint density at radius 2 is 1.58 bits per heavy atom. The molecule has 1 aromatic heterocycles. The van der Waals surface area contributed by atoms with Gasteiger partial charge in [0.15, 0.2) is 0 Å². The quantitative estimate of drug-likeness (QED) is 0.715. The molecule has 0 spiro atoms. The van der Waals surface area contributed by atoms with Gasteiger partial charge in [0.25, 0.3) is 0 Å². The van der Waals surface area contributed by atoms with Gasteiger partial charge in [-0.05, 0) is 37.9 Å². The first kappa shape index (κ1) is 17.5. The molecule has 4 nitrogen and oxygen atoms in total. The van der Waals surface area contributed by atoms with Crippen LogP contribution in [0.1, 0.15) is 25.7 Å². The number of rotatable bonds is 6. The zero-order valence-electron chi connectivity index (χ0n) is 15.2. The second kappa shape index (κ2) is 7.78. The van der Waals surface area contributed by atoms with Gasteiger partial charge in [0, 0.05) is 41.0 Å². The molecule has 3 aromatic rings. The van der Waals surface area contributed by atoms with Gasteiger partial charge in [-0.15, -0.1) is 0 Å². The third kappa shape index (κ3) is 3.37. The Morgan fingerprint density at radius 3 is 2.23 bits per heavy atom. The minimum absolute atomic E-state index is 0.226. The summed E-state index contributed by atoms with van der Waals surface area (Å²) in [4.78, 5) is 2.37. The Morgan fingerprint density at radius 1 is 0.923 bits per heavy atom. The fraction of sp³-hybridized carbons (Fsp3) is 0.455. The minimum Gasteiger partial charge on any atom is -0.396 e. The highest BCUT2D eigenvalue weighted by atomic mass is 16.3. The van der Waals surface area contributed by atoms with E-state index < -0.39 is 6.10 Å². The van der Waals surface area contributed by atoms with Crippen LogP contribution in [0.3, 0.4) is 0 Å². The number of hydrogen-bond acceptors (Lipinski definition) is 3. The molecule has 2 unspecified atom stereocenters. The molecule has 1 fully saturated rings. The molecule has 1 saturated heterocycles. The van der Waals surface area contributed by atoms with Gasteiger partial charge in [0.1, 0.15) is 0 Å². The second-order valence-electron chi connectivity index (χ2n) is 7.46. The van der Waals surface area contributed by atoms with Gasteiger partial charge < -0.3 is 14.8 Å². The Labute approximate surface area is 154 Å². The van der Waals surface area contributed by atoms with Crippen LogP contribution in [0, 0.1) is 0 Å². The number of β-amino-alcohol motifs (C(OH)–C–C–N with tert-alkyl or cyclic N) is 1. The Bertz CT molecular complexity index is 818. The van der Waals surface area contributed by atoms with Crippen molar-refractivity contribution in [3.05, 3.63) is 48.5 Å². The van der Waals surface area contributed by atoms with Gasteiger partial charge >= 0.3 is 0 Å². The molecule has 0 amide bonds. The van der Waals surface area contributed by atoms with Crippen molar-refractivity contribution in [2.24, 2.45) is 0 Å². The highest BCUT2D eigenvalue weighted by Crippen LogP contribution is 2.29. The summed E-state index contributed by atoms with van der Waals surface area (Å²) >= 11 is 0. The zero-order chi connectivity index (χ0) is 17.9. The molecule has 0 radical (unpaired) electrons. The van der Waals surface area contributed by atoms with E-state index in [9.17, 15) is 10.2 Å². The van der Waals surface area contributed by atoms with Crippen molar-refractivity contribution in [2.75, 3.05) is 19.7 Å². The Hall–Kier alpha value is -1.88. The normalized spacial score (nSPS) is 20.0. The smallest absolute Gasteiger partial charge is 0.0846 e. The van der Waals surface area contributed by atoms with E-state index in [2.05, 4.69) is 58.0 Å². The number of aliphatic hydroxyl groups is 2. The van der Waals surface area contributed by atoms with Crippen molar-refractivity contribution in [3.8, 4) is 0 Å². The number of aromatic nitrogens is 1. The van der Waals surface area contributed by atoms with Crippen molar-refractivity contribution in [1.82, 2.24) is 9.47 Å². The average molecular weight is 352 g/mol. The Kier molecular flexibility index (Phi) is 5.25. The molecular formula is C22H28N2O2. The summed E-state index contributed by atoms with van der Waals surface area (Å²) in [6.45, 7) is 2.51. The van der Waals surface area contributed by atoms with Crippen molar-refractivity contribution in [1.29, 1.82) is 0 Å². The molecule has 2 aromatic carbocycles. The summed E-state index contributed by atoms with van der Waals surface area (Å²) < 4.78 is 2.25. The molecular weight excluding hydrogens is 324 g/mol. The van der Waals surface area contributed by atoms with E-state index in [0.717, 1.165) is 19.4 Å². The number of fused-ring (bicyclic) bond motifs is 3. The van der Waals surface area contributed by atoms with E-state index in [0.29, 0.717) is 19.1 Å². The average Bonchev–Trinajstić information content (AvgIpc) is 2.98. The standard InChI is InChI=1S/C22H28N2O2/c25-14-12-17-7-5-6-13-23(17)15-18(26)16-24-21-10-3-1-8-19(21)20-9-2-4-11-22(20)24/h1-4,8-11,17-18,25-26H,5-7,12-16H2. The molecule has 1 aliphatic rings. The summed E-state index contributed by atoms with van der Waals surface area (Å²) in [5.41, 5.74) is 2.36. The van der Waals surface area contributed by atoms with Gasteiger partial charge in [0.2, 0.25) is 0 Å². The Balaban J connectivity index is 1.58. The van der Waals surface area contributed by atoms with Crippen LogP contribution in [0.5, 0.6) is 0 Å². The van der Waals surface area contributed by atoms with Crippen molar-refractivity contribution < 1.29 is 10.2 Å². The molecule has 0 bridgehead atoms. The lowest BCUT2D eigenvalue weighted by molar-refractivity contribution is 0.0502. The molecule has 0 aliphatic carbocycles. The predicted molar refractivity (Wildman–Crippen MR) is 106 cm³/mol. The van der Waals surface area contributed by atoms with Crippen LogP contribution < -0.4 is 0 Å². The molecule has 138 valence electrons. The molecule has 2 N–H and O–H groups in total. The van der Waals surface area contributed by atoms with Gasteiger partial charge in [-0.1, -0.05) is 42.8 Å². The first-order valence-corrected chi connectivity index (χ1v) is 9.77. The summed E-state index contributed by atoms with van der Waals surface area (Å²) in [6.07, 6.45) is 3.92. The summed E-state index contributed by atoms with van der Waals surface area (Å²) in [6, 6.07) is 17.3. The van der Waals surface area contributed by atoms with Crippen molar-refractivity contribution in [2.45, 2.75) is 44.4 Å².